The molecule has 2 aromatic rings. The molecule has 1 aliphatic heterocycles. The van der Waals surface area contributed by atoms with Crippen LogP contribution >= 0.6 is 11.3 Å². The van der Waals surface area contributed by atoms with Gasteiger partial charge in [0.1, 0.15) is 5.60 Å². The zero-order chi connectivity index (χ0) is 22.4. The fourth-order valence-corrected chi connectivity index (χ4v) is 3.90. The molecule has 1 fully saturated rings. The van der Waals surface area contributed by atoms with E-state index < -0.39 is 5.60 Å². The number of amides is 1. The maximum atomic E-state index is 12.1. The van der Waals surface area contributed by atoms with Crippen molar-refractivity contribution in [1.29, 1.82) is 0 Å². The van der Waals surface area contributed by atoms with Gasteiger partial charge >= 0.3 is 6.09 Å². The van der Waals surface area contributed by atoms with Crippen LogP contribution in [0.1, 0.15) is 31.9 Å². The van der Waals surface area contributed by atoms with E-state index in [-0.39, 0.29) is 6.09 Å². The van der Waals surface area contributed by atoms with E-state index in [4.69, 9.17) is 10.5 Å². The summed E-state index contributed by atoms with van der Waals surface area (Å²) in [6.45, 7) is 10.1. The number of nitrogens with zero attached hydrogens (tertiary/aromatic N) is 5. The Morgan fingerprint density at radius 2 is 1.84 bits per heavy atom. The Balaban J connectivity index is 1.47. The van der Waals surface area contributed by atoms with Gasteiger partial charge in [0, 0.05) is 51.3 Å². The molecule has 2 N–H and O–H groups in total. The third-order valence-corrected chi connectivity index (χ3v) is 5.70. The molecule has 1 aromatic carbocycles. The summed E-state index contributed by atoms with van der Waals surface area (Å²) in [4.78, 5) is 27.0. The van der Waals surface area contributed by atoms with Crippen LogP contribution in [0.15, 0.2) is 40.8 Å². The minimum atomic E-state index is -0.499. The molecule has 168 valence electrons. The van der Waals surface area contributed by atoms with Gasteiger partial charge in [0.05, 0.1) is 6.54 Å². The second kappa shape index (κ2) is 10.00. The molecule has 1 amide bonds. The van der Waals surface area contributed by atoms with Crippen molar-refractivity contribution in [3.63, 3.8) is 0 Å². The molecule has 0 radical (unpaired) electrons. The van der Waals surface area contributed by atoms with E-state index in [1.807, 2.05) is 56.6 Å². The van der Waals surface area contributed by atoms with Crippen LogP contribution in [-0.4, -0.2) is 65.7 Å². The summed E-state index contributed by atoms with van der Waals surface area (Å²) in [7, 11) is 1.74. The van der Waals surface area contributed by atoms with E-state index in [1.54, 1.807) is 23.3 Å². The molecule has 3 rings (SSSR count). The molecular weight excluding hydrogens is 412 g/mol. The topological polar surface area (TPSA) is 87.3 Å². The molecule has 1 aromatic heterocycles. The highest BCUT2D eigenvalue weighted by molar-refractivity contribution is 7.13. The van der Waals surface area contributed by atoms with Gasteiger partial charge in [-0.2, -0.15) is 0 Å². The molecule has 31 heavy (non-hydrogen) atoms. The third kappa shape index (κ3) is 6.85. The number of hydrogen-bond acceptors (Lipinski definition) is 6. The number of guanidine groups is 1. The van der Waals surface area contributed by atoms with E-state index in [9.17, 15) is 4.79 Å². The lowest BCUT2D eigenvalue weighted by atomic mass is 10.1. The molecule has 0 atom stereocenters. The van der Waals surface area contributed by atoms with Crippen molar-refractivity contribution < 1.29 is 9.53 Å². The minimum Gasteiger partial charge on any atom is -0.444 e. The fraction of sp³-hybridized carbons (Fsp3) is 0.500. The van der Waals surface area contributed by atoms with Gasteiger partial charge in [-0.25, -0.2) is 14.8 Å². The Morgan fingerprint density at radius 3 is 2.42 bits per heavy atom. The Morgan fingerprint density at radius 1 is 1.19 bits per heavy atom. The largest absolute Gasteiger partial charge is 0.444 e. The van der Waals surface area contributed by atoms with Crippen LogP contribution in [0.2, 0.25) is 0 Å². The normalized spacial score (nSPS) is 15.2. The molecule has 1 aliphatic rings. The average Bonchev–Trinajstić information content (AvgIpc) is 3.27. The van der Waals surface area contributed by atoms with Crippen molar-refractivity contribution in [1.82, 2.24) is 14.8 Å². The Labute approximate surface area is 188 Å². The first-order valence-corrected chi connectivity index (χ1v) is 11.3. The number of ether oxygens (including phenoxy) is 1. The lowest BCUT2D eigenvalue weighted by Crippen LogP contribution is -2.51. The quantitative estimate of drug-likeness (QED) is 0.563. The summed E-state index contributed by atoms with van der Waals surface area (Å²) in [5.74, 6) is 0.576. The van der Waals surface area contributed by atoms with Crippen molar-refractivity contribution in [3.8, 4) is 0 Å². The number of rotatable bonds is 5. The molecule has 0 bridgehead atoms. The number of nitrogens with two attached hydrogens (primary N) is 1. The van der Waals surface area contributed by atoms with Gasteiger partial charge in [0.15, 0.2) is 11.1 Å². The highest BCUT2D eigenvalue weighted by Crippen LogP contribution is 2.19. The molecule has 0 unspecified atom stereocenters. The van der Waals surface area contributed by atoms with E-state index in [0.717, 1.165) is 42.4 Å². The SMILES string of the molecule is CN(Cc1ccc(CN=C(N)N2CCN(c3nccs3)CC2)cc1)C(=O)OC(C)(C)C. The molecule has 0 aliphatic carbocycles. The fourth-order valence-electron chi connectivity index (χ4n) is 3.20. The molecule has 1 saturated heterocycles. The number of piperazine rings is 1. The maximum Gasteiger partial charge on any atom is 0.410 e. The number of carbonyl (C=O) groups excluding carboxylic acids is 1. The highest BCUT2D eigenvalue weighted by Gasteiger charge is 2.20. The lowest BCUT2D eigenvalue weighted by Gasteiger charge is -2.35. The van der Waals surface area contributed by atoms with Crippen LogP contribution in [-0.2, 0) is 17.8 Å². The first-order chi connectivity index (χ1) is 14.7. The number of thiazole rings is 1. The van der Waals surface area contributed by atoms with Gasteiger partial charge in [-0.1, -0.05) is 24.3 Å². The average molecular weight is 445 g/mol. The molecule has 0 saturated carbocycles. The zero-order valence-electron chi connectivity index (χ0n) is 18.7. The molecule has 9 heteroatoms. The number of benzene rings is 1. The van der Waals surface area contributed by atoms with Gasteiger partial charge < -0.3 is 25.2 Å². The maximum absolute atomic E-state index is 12.1. The number of aromatic nitrogens is 1. The molecule has 0 spiro atoms. The van der Waals surface area contributed by atoms with E-state index in [1.165, 1.54) is 0 Å². The van der Waals surface area contributed by atoms with E-state index >= 15 is 0 Å². The van der Waals surface area contributed by atoms with Crippen molar-refractivity contribution in [3.05, 3.63) is 47.0 Å². The first-order valence-electron chi connectivity index (χ1n) is 10.4. The third-order valence-electron chi connectivity index (χ3n) is 4.86. The lowest BCUT2D eigenvalue weighted by molar-refractivity contribution is 0.0285. The predicted molar refractivity (Wildman–Crippen MR) is 125 cm³/mol. The number of carbonyl (C=O) groups is 1. The summed E-state index contributed by atoms with van der Waals surface area (Å²) in [5.41, 5.74) is 7.84. The monoisotopic (exact) mass is 444 g/mol. The second-order valence-corrected chi connectivity index (χ2v) is 9.49. The zero-order valence-corrected chi connectivity index (χ0v) is 19.6. The Bertz CT molecular complexity index is 868. The van der Waals surface area contributed by atoms with Gasteiger partial charge in [-0.05, 0) is 31.9 Å². The van der Waals surface area contributed by atoms with Gasteiger partial charge in [-0.15, -0.1) is 11.3 Å². The van der Waals surface area contributed by atoms with Gasteiger partial charge in [0.25, 0.3) is 0 Å². The van der Waals surface area contributed by atoms with Crippen LogP contribution < -0.4 is 10.6 Å². The molecule has 8 nitrogen and oxygen atoms in total. The molecule has 2 heterocycles. The van der Waals surface area contributed by atoms with Crippen molar-refractivity contribution in [2.75, 3.05) is 38.1 Å². The van der Waals surface area contributed by atoms with Gasteiger partial charge in [0.2, 0.25) is 0 Å². The number of anilines is 1. The van der Waals surface area contributed by atoms with E-state index in [0.29, 0.717) is 19.0 Å². The summed E-state index contributed by atoms with van der Waals surface area (Å²) >= 11 is 1.66. The van der Waals surface area contributed by atoms with Crippen LogP contribution in [0.25, 0.3) is 0 Å². The summed E-state index contributed by atoms with van der Waals surface area (Å²) in [6, 6.07) is 8.06. The van der Waals surface area contributed by atoms with Crippen molar-refractivity contribution >= 4 is 28.5 Å². The molecular formula is C22H32N6O2S. The van der Waals surface area contributed by atoms with Crippen LogP contribution in [0.4, 0.5) is 9.93 Å². The van der Waals surface area contributed by atoms with Crippen LogP contribution in [0, 0.1) is 0 Å². The van der Waals surface area contributed by atoms with Crippen LogP contribution in [0.3, 0.4) is 0 Å². The summed E-state index contributed by atoms with van der Waals surface area (Å²) in [5, 5.41) is 3.06. The summed E-state index contributed by atoms with van der Waals surface area (Å²) < 4.78 is 5.39. The second-order valence-electron chi connectivity index (χ2n) is 8.62. The van der Waals surface area contributed by atoms with Crippen molar-refractivity contribution in [2.24, 2.45) is 10.7 Å². The number of hydrogen-bond donors (Lipinski definition) is 1. The Kier molecular flexibility index (Phi) is 7.37. The van der Waals surface area contributed by atoms with E-state index in [2.05, 4.69) is 19.8 Å². The highest BCUT2D eigenvalue weighted by atomic mass is 32.1. The van der Waals surface area contributed by atoms with Crippen LogP contribution in [0.5, 0.6) is 0 Å². The van der Waals surface area contributed by atoms with Crippen molar-refractivity contribution in [2.45, 2.75) is 39.5 Å². The smallest absolute Gasteiger partial charge is 0.410 e. The summed E-state index contributed by atoms with van der Waals surface area (Å²) in [6.07, 6.45) is 1.51. The first kappa shape index (κ1) is 22.9. The minimum absolute atomic E-state index is 0.330. The standard InChI is InChI=1S/C22H32N6O2S/c1-22(2,3)30-21(29)26(4)16-18-7-5-17(6-8-18)15-25-19(23)27-10-12-28(13-11-27)20-24-9-14-31-20/h5-9,14H,10-13,15-16H2,1-4H3,(H2,23,25). The predicted octanol–water partition coefficient (Wildman–Crippen LogP) is 3.15. The van der Waals surface area contributed by atoms with Gasteiger partial charge in [-0.3, -0.25) is 0 Å². The number of aliphatic imine (C=N–C) groups is 1. The Hall–Kier alpha value is -2.81.